The smallest absolute Gasteiger partial charge is 0.323 e. The number of carbonyl (C=O) groups is 2. The highest BCUT2D eigenvalue weighted by molar-refractivity contribution is 6.28. The molecule has 92 valence electrons. The summed E-state index contributed by atoms with van der Waals surface area (Å²) in [7, 11) is 1.61. The largest absolute Gasteiger partial charge is 0.379 e. The topological polar surface area (TPSA) is 58.6 Å². The maximum atomic E-state index is 11.3. The van der Waals surface area contributed by atoms with E-state index >= 15 is 0 Å². The molecule has 0 unspecified atom stereocenters. The first-order chi connectivity index (χ1) is 7.63. The third-order valence-electron chi connectivity index (χ3n) is 2.34. The average molecular weight is 249 g/mol. The molecule has 0 bridgehead atoms. The van der Waals surface area contributed by atoms with Crippen LogP contribution in [0.15, 0.2) is 0 Å². The van der Waals surface area contributed by atoms with Crippen LogP contribution in [0, 0.1) is 5.92 Å². The van der Waals surface area contributed by atoms with E-state index in [2.05, 4.69) is 5.32 Å². The molecule has 0 saturated heterocycles. The predicted octanol–water partition coefficient (Wildman–Crippen LogP) is 0.820. The van der Waals surface area contributed by atoms with Gasteiger partial charge in [0.1, 0.15) is 5.88 Å². The highest BCUT2D eigenvalue weighted by atomic mass is 35.5. The van der Waals surface area contributed by atoms with E-state index in [1.165, 1.54) is 17.7 Å². The van der Waals surface area contributed by atoms with Gasteiger partial charge in [-0.25, -0.2) is 4.79 Å². The van der Waals surface area contributed by atoms with E-state index in [1.807, 2.05) is 0 Å². The normalized spacial score (nSPS) is 14.6. The van der Waals surface area contributed by atoms with Crippen LogP contribution in [-0.4, -0.2) is 49.5 Å². The number of hydrogen-bond donors (Lipinski definition) is 1. The van der Waals surface area contributed by atoms with E-state index < -0.39 is 11.9 Å². The molecular formula is C10H17ClN2O3. The van der Waals surface area contributed by atoms with Crippen LogP contribution in [0.5, 0.6) is 0 Å². The predicted molar refractivity (Wildman–Crippen MR) is 60.4 cm³/mol. The molecule has 6 heteroatoms. The molecule has 1 fully saturated rings. The number of nitrogens with one attached hydrogen (secondary N) is 1. The minimum absolute atomic E-state index is 0.211. The van der Waals surface area contributed by atoms with Gasteiger partial charge < -0.3 is 9.64 Å². The maximum absolute atomic E-state index is 11.3. The second kappa shape index (κ2) is 6.70. The minimum atomic E-state index is -0.489. The minimum Gasteiger partial charge on any atom is -0.379 e. The van der Waals surface area contributed by atoms with E-state index in [1.54, 1.807) is 7.05 Å². The van der Waals surface area contributed by atoms with Gasteiger partial charge in [-0.2, -0.15) is 0 Å². The van der Waals surface area contributed by atoms with Gasteiger partial charge >= 0.3 is 6.03 Å². The van der Waals surface area contributed by atoms with Crippen molar-refractivity contribution in [1.29, 1.82) is 0 Å². The van der Waals surface area contributed by atoms with Crippen molar-refractivity contribution in [3.8, 4) is 0 Å². The van der Waals surface area contributed by atoms with Gasteiger partial charge in [0.15, 0.2) is 0 Å². The molecule has 0 aromatic carbocycles. The zero-order valence-corrected chi connectivity index (χ0v) is 10.1. The van der Waals surface area contributed by atoms with Crippen molar-refractivity contribution >= 4 is 23.5 Å². The zero-order chi connectivity index (χ0) is 12.0. The maximum Gasteiger partial charge on any atom is 0.323 e. The third-order valence-corrected chi connectivity index (χ3v) is 2.58. The number of imide groups is 1. The first-order valence-electron chi connectivity index (χ1n) is 5.32. The Hall–Kier alpha value is -0.810. The second-order valence-corrected chi connectivity index (χ2v) is 4.19. The lowest BCUT2D eigenvalue weighted by atomic mass is 10.5. The van der Waals surface area contributed by atoms with Crippen LogP contribution in [0.2, 0.25) is 0 Å². The van der Waals surface area contributed by atoms with Crippen molar-refractivity contribution in [2.75, 3.05) is 32.7 Å². The van der Waals surface area contributed by atoms with Crippen molar-refractivity contribution in [1.82, 2.24) is 10.2 Å². The number of alkyl halides is 1. The molecule has 0 radical (unpaired) electrons. The number of hydrogen-bond acceptors (Lipinski definition) is 3. The van der Waals surface area contributed by atoms with Crippen molar-refractivity contribution in [2.45, 2.75) is 12.8 Å². The molecule has 0 heterocycles. The number of urea groups is 1. The van der Waals surface area contributed by atoms with Crippen molar-refractivity contribution in [2.24, 2.45) is 5.92 Å². The first-order valence-corrected chi connectivity index (χ1v) is 5.85. The Balaban J connectivity index is 2.05. The third kappa shape index (κ3) is 5.32. The number of carbonyl (C=O) groups excluding carboxylic acids is 2. The molecule has 1 N–H and O–H groups in total. The summed E-state index contributed by atoms with van der Waals surface area (Å²) in [6.07, 6.45) is 2.50. The molecule has 0 atom stereocenters. The number of halogens is 1. The van der Waals surface area contributed by atoms with E-state index in [-0.39, 0.29) is 5.88 Å². The Morgan fingerprint density at radius 1 is 1.50 bits per heavy atom. The summed E-state index contributed by atoms with van der Waals surface area (Å²) in [4.78, 5) is 23.6. The van der Waals surface area contributed by atoms with Gasteiger partial charge in [-0.15, -0.1) is 11.6 Å². The fourth-order valence-electron chi connectivity index (χ4n) is 1.09. The molecular weight excluding hydrogens is 232 g/mol. The fraction of sp³-hybridized carbons (Fsp3) is 0.800. The van der Waals surface area contributed by atoms with Crippen molar-refractivity contribution in [3.63, 3.8) is 0 Å². The lowest BCUT2D eigenvalue weighted by molar-refractivity contribution is -0.117. The molecule has 1 aliphatic rings. The number of amides is 3. The summed E-state index contributed by atoms with van der Waals surface area (Å²) in [5, 5.41) is 2.15. The van der Waals surface area contributed by atoms with Crippen LogP contribution >= 0.6 is 11.6 Å². The van der Waals surface area contributed by atoms with Crippen LogP contribution in [0.3, 0.4) is 0 Å². The number of ether oxygens (including phenoxy) is 1. The highest BCUT2D eigenvalue weighted by Gasteiger charge is 2.21. The quantitative estimate of drug-likeness (QED) is 0.559. The lowest BCUT2D eigenvalue weighted by Gasteiger charge is -2.16. The summed E-state index contributed by atoms with van der Waals surface area (Å²) < 4.78 is 5.38. The van der Waals surface area contributed by atoms with Gasteiger partial charge in [-0.1, -0.05) is 0 Å². The van der Waals surface area contributed by atoms with Crippen LogP contribution in [0.1, 0.15) is 12.8 Å². The molecule has 0 aliphatic heterocycles. The highest BCUT2D eigenvalue weighted by Crippen LogP contribution is 2.28. The van der Waals surface area contributed by atoms with Gasteiger partial charge in [0, 0.05) is 20.2 Å². The fourth-order valence-corrected chi connectivity index (χ4v) is 1.15. The molecule has 3 amide bonds. The molecule has 1 aliphatic carbocycles. The van der Waals surface area contributed by atoms with Gasteiger partial charge in [-0.05, 0) is 18.8 Å². The van der Waals surface area contributed by atoms with E-state index in [0.29, 0.717) is 13.2 Å². The molecule has 1 saturated carbocycles. The van der Waals surface area contributed by atoms with Gasteiger partial charge in [-0.3, -0.25) is 10.1 Å². The van der Waals surface area contributed by atoms with Gasteiger partial charge in [0.05, 0.1) is 6.61 Å². The molecule has 0 spiro atoms. The Bertz CT molecular complexity index is 256. The monoisotopic (exact) mass is 248 g/mol. The van der Waals surface area contributed by atoms with Gasteiger partial charge in [0.25, 0.3) is 0 Å². The Labute approximate surface area is 100 Å². The number of nitrogens with zero attached hydrogens (tertiary/aromatic N) is 1. The summed E-state index contributed by atoms with van der Waals surface area (Å²) >= 11 is 5.26. The molecule has 1 rings (SSSR count). The van der Waals surface area contributed by atoms with Crippen molar-refractivity contribution in [3.05, 3.63) is 0 Å². The van der Waals surface area contributed by atoms with E-state index in [0.717, 1.165) is 12.5 Å². The average Bonchev–Trinajstić information content (AvgIpc) is 3.07. The molecule has 0 aromatic rings. The number of likely N-dealkylation sites (N-methyl/N-ethyl adjacent to an activating group) is 1. The molecule has 5 nitrogen and oxygen atoms in total. The summed E-state index contributed by atoms with van der Waals surface area (Å²) in [6, 6.07) is -0.444. The Kier molecular flexibility index (Phi) is 5.55. The first kappa shape index (κ1) is 13.3. The lowest BCUT2D eigenvalue weighted by Crippen LogP contribution is -2.42. The Morgan fingerprint density at radius 3 is 2.75 bits per heavy atom. The summed E-state index contributed by atoms with van der Waals surface area (Å²) in [6.45, 7) is 1.74. The number of rotatable bonds is 6. The summed E-state index contributed by atoms with van der Waals surface area (Å²) in [5.74, 6) is 0.0203. The van der Waals surface area contributed by atoms with Crippen LogP contribution in [0.4, 0.5) is 4.79 Å². The van der Waals surface area contributed by atoms with E-state index in [4.69, 9.17) is 16.3 Å². The zero-order valence-electron chi connectivity index (χ0n) is 9.37. The van der Waals surface area contributed by atoms with Crippen LogP contribution in [0.25, 0.3) is 0 Å². The van der Waals surface area contributed by atoms with E-state index in [9.17, 15) is 9.59 Å². The molecule has 16 heavy (non-hydrogen) atoms. The standard InChI is InChI=1S/C10H17ClN2O3/c1-13(10(15)12-9(14)6-11)4-5-16-7-8-2-3-8/h8H,2-7H2,1H3,(H,12,14,15). The second-order valence-electron chi connectivity index (χ2n) is 3.93. The molecule has 0 aromatic heterocycles. The van der Waals surface area contributed by atoms with Crippen molar-refractivity contribution < 1.29 is 14.3 Å². The van der Waals surface area contributed by atoms with Crippen LogP contribution < -0.4 is 5.32 Å². The van der Waals surface area contributed by atoms with Crippen LogP contribution in [-0.2, 0) is 9.53 Å². The SMILES string of the molecule is CN(CCOCC1CC1)C(=O)NC(=O)CCl. The van der Waals surface area contributed by atoms with Gasteiger partial charge in [0.2, 0.25) is 5.91 Å². The summed E-state index contributed by atoms with van der Waals surface area (Å²) in [5.41, 5.74) is 0. The Morgan fingerprint density at radius 2 is 2.19 bits per heavy atom.